The molecule has 0 N–H and O–H groups in total. The van der Waals surface area contributed by atoms with Crippen molar-refractivity contribution in [2.24, 2.45) is 0 Å². The average Bonchev–Trinajstić information content (AvgIpc) is 2.77. The molecule has 0 radical (unpaired) electrons. The van der Waals surface area contributed by atoms with E-state index in [0.717, 1.165) is 0 Å². The van der Waals surface area contributed by atoms with Crippen LogP contribution in [0.3, 0.4) is 0 Å². The maximum absolute atomic E-state index is 12.2. The Bertz CT molecular complexity index is 1120. The van der Waals surface area contributed by atoms with Crippen molar-refractivity contribution in [3.8, 4) is 17.2 Å². The fraction of sp³-hybridized carbons (Fsp3) is 0.130. The molecule has 0 bridgehead atoms. The molecule has 154 valence electrons. The van der Waals surface area contributed by atoms with Crippen LogP contribution in [0.5, 0.6) is 17.2 Å². The number of ether oxygens (including phenoxy) is 5. The predicted molar refractivity (Wildman–Crippen MR) is 112 cm³/mol. The molecule has 0 spiro atoms. The van der Waals surface area contributed by atoms with E-state index in [1.165, 1.54) is 19.3 Å². The molecule has 0 heterocycles. The summed E-state index contributed by atoms with van der Waals surface area (Å²) < 4.78 is 26.5. The number of hydrogen-bond donors (Lipinski definition) is 0. The van der Waals surface area contributed by atoms with Crippen LogP contribution in [-0.2, 0) is 9.47 Å². The zero-order valence-corrected chi connectivity index (χ0v) is 16.4. The molecule has 0 atom stereocenters. The Kier molecular flexibility index (Phi) is 6.54. The van der Waals surface area contributed by atoms with E-state index in [2.05, 4.69) is 13.2 Å². The van der Waals surface area contributed by atoms with Crippen LogP contribution >= 0.6 is 0 Å². The monoisotopic (exact) mass is 408 g/mol. The molecule has 0 aromatic heterocycles. The Labute approximate surface area is 173 Å². The fourth-order valence-corrected chi connectivity index (χ4v) is 2.98. The summed E-state index contributed by atoms with van der Waals surface area (Å²) in [6.45, 7) is 7.03. The molecule has 3 rings (SSSR count). The largest absolute Gasteiger partial charge is 0.514 e. The van der Waals surface area contributed by atoms with E-state index in [0.29, 0.717) is 27.3 Å². The van der Waals surface area contributed by atoms with Gasteiger partial charge in [0, 0.05) is 16.2 Å². The molecule has 7 nitrogen and oxygen atoms in total. The summed E-state index contributed by atoms with van der Waals surface area (Å²) in [6.07, 6.45) is 1.09. The molecule has 0 unspecified atom stereocenters. The van der Waals surface area contributed by atoms with Gasteiger partial charge in [0.15, 0.2) is 11.5 Å². The van der Waals surface area contributed by atoms with E-state index in [-0.39, 0.29) is 24.7 Å². The lowest BCUT2D eigenvalue weighted by atomic mass is 10.00. The van der Waals surface area contributed by atoms with Crippen LogP contribution in [0.4, 0.5) is 9.59 Å². The number of methoxy groups -OCH3 is 1. The van der Waals surface area contributed by atoms with Crippen LogP contribution in [0.2, 0.25) is 0 Å². The highest BCUT2D eigenvalue weighted by Gasteiger charge is 2.23. The van der Waals surface area contributed by atoms with Gasteiger partial charge in [-0.15, -0.1) is 0 Å². The van der Waals surface area contributed by atoms with Gasteiger partial charge in [0.05, 0.1) is 12.5 Å². The van der Waals surface area contributed by atoms with Crippen molar-refractivity contribution in [2.75, 3.05) is 20.3 Å². The fourth-order valence-electron chi connectivity index (χ4n) is 2.98. The molecular weight excluding hydrogens is 388 g/mol. The molecule has 0 aliphatic heterocycles. The van der Waals surface area contributed by atoms with Crippen molar-refractivity contribution in [1.29, 1.82) is 0 Å². The second-order valence-corrected chi connectivity index (χ2v) is 5.99. The maximum atomic E-state index is 12.2. The van der Waals surface area contributed by atoms with Gasteiger partial charge in [0.25, 0.3) is 0 Å². The lowest BCUT2D eigenvalue weighted by molar-refractivity contribution is 0.109. The maximum Gasteiger partial charge on any atom is 0.514 e. The van der Waals surface area contributed by atoms with Crippen molar-refractivity contribution >= 4 is 33.9 Å². The molecular formula is C23H20O7. The summed E-state index contributed by atoms with van der Waals surface area (Å²) in [5.74, 6) is 0.897. The van der Waals surface area contributed by atoms with Gasteiger partial charge in [-0.2, -0.15) is 0 Å². The third-order valence-corrected chi connectivity index (χ3v) is 4.14. The summed E-state index contributed by atoms with van der Waals surface area (Å²) in [4.78, 5) is 24.3. The molecule has 0 saturated carbocycles. The summed E-state index contributed by atoms with van der Waals surface area (Å²) in [6, 6.07) is 12.2. The number of benzene rings is 3. The highest BCUT2D eigenvalue weighted by atomic mass is 16.7. The average molecular weight is 408 g/mol. The highest BCUT2D eigenvalue weighted by Crippen LogP contribution is 2.46. The SMILES string of the molecule is C=CCOC(=O)Oc1c2ccccc2c(OC(=O)OCC=C)c2c(OC)cccc12. The minimum Gasteiger partial charge on any atom is -0.496 e. The topological polar surface area (TPSA) is 80.3 Å². The number of rotatable bonds is 7. The van der Waals surface area contributed by atoms with E-state index in [4.69, 9.17) is 23.7 Å². The molecule has 3 aromatic rings. The smallest absolute Gasteiger partial charge is 0.496 e. The second kappa shape index (κ2) is 9.47. The molecule has 7 heteroatoms. The first-order valence-electron chi connectivity index (χ1n) is 9.03. The minimum atomic E-state index is -0.897. The summed E-state index contributed by atoms with van der Waals surface area (Å²) >= 11 is 0. The Hall–Kier alpha value is -4.00. The Morgan fingerprint density at radius 2 is 1.33 bits per heavy atom. The van der Waals surface area contributed by atoms with Gasteiger partial charge in [0.1, 0.15) is 19.0 Å². The lowest BCUT2D eigenvalue weighted by Crippen LogP contribution is -2.13. The van der Waals surface area contributed by atoms with Crippen LogP contribution in [0.25, 0.3) is 21.5 Å². The van der Waals surface area contributed by atoms with E-state index in [9.17, 15) is 9.59 Å². The van der Waals surface area contributed by atoms with E-state index < -0.39 is 12.3 Å². The standard InChI is InChI=1S/C23H20O7/c1-4-13-27-22(24)29-20-15-9-6-7-10-16(15)21(30-23(25)28-14-5-2)19-17(20)11-8-12-18(19)26-3/h4-12H,1-2,13-14H2,3H3. The number of carbonyl (C=O) groups excluding carboxylic acids is 2. The number of fused-ring (bicyclic) bond motifs is 2. The van der Waals surface area contributed by atoms with Crippen molar-refractivity contribution in [3.05, 3.63) is 67.8 Å². The van der Waals surface area contributed by atoms with Crippen LogP contribution in [0.1, 0.15) is 0 Å². The van der Waals surface area contributed by atoms with Crippen molar-refractivity contribution in [2.45, 2.75) is 0 Å². The van der Waals surface area contributed by atoms with E-state index in [1.807, 2.05) is 0 Å². The van der Waals surface area contributed by atoms with Gasteiger partial charge in [-0.3, -0.25) is 0 Å². The highest BCUT2D eigenvalue weighted by molar-refractivity contribution is 6.14. The third kappa shape index (κ3) is 4.20. The minimum absolute atomic E-state index is 0.00215. The predicted octanol–water partition coefficient (Wildman–Crippen LogP) is 5.40. The van der Waals surface area contributed by atoms with Gasteiger partial charge >= 0.3 is 12.3 Å². The van der Waals surface area contributed by atoms with Gasteiger partial charge in [-0.05, 0) is 6.07 Å². The molecule has 0 amide bonds. The third-order valence-electron chi connectivity index (χ3n) is 4.14. The Morgan fingerprint density at radius 1 is 0.800 bits per heavy atom. The molecule has 0 saturated heterocycles. The van der Waals surface area contributed by atoms with E-state index in [1.54, 1.807) is 42.5 Å². The molecule has 0 fully saturated rings. The second-order valence-electron chi connectivity index (χ2n) is 5.99. The molecule has 3 aromatic carbocycles. The first-order chi connectivity index (χ1) is 14.6. The van der Waals surface area contributed by atoms with Crippen LogP contribution < -0.4 is 14.2 Å². The normalized spacial score (nSPS) is 10.3. The molecule has 30 heavy (non-hydrogen) atoms. The quantitative estimate of drug-likeness (QED) is 0.224. The zero-order valence-electron chi connectivity index (χ0n) is 16.4. The van der Waals surface area contributed by atoms with E-state index >= 15 is 0 Å². The van der Waals surface area contributed by atoms with Crippen LogP contribution in [0.15, 0.2) is 67.8 Å². The van der Waals surface area contributed by atoms with Crippen LogP contribution in [-0.4, -0.2) is 32.6 Å². The summed E-state index contributed by atoms with van der Waals surface area (Å²) in [5.41, 5.74) is 0. The number of hydrogen-bond acceptors (Lipinski definition) is 7. The number of carbonyl (C=O) groups is 2. The summed E-state index contributed by atoms with van der Waals surface area (Å²) in [7, 11) is 1.49. The van der Waals surface area contributed by atoms with Crippen LogP contribution in [0, 0.1) is 0 Å². The molecule has 0 aliphatic carbocycles. The Balaban J connectivity index is 2.25. The van der Waals surface area contributed by atoms with Gasteiger partial charge < -0.3 is 23.7 Å². The lowest BCUT2D eigenvalue weighted by Gasteiger charge is -2.17. The van der Waals surface area contributed by atoms with Gasteiger partial charge in [-0.1, -0.05) is 61.7 Å². The first kappa shape index (κ1) is 20.7. The zero-order chi connectivity index (χ0) is 21.5. The molecule has 0 aliphatic rings. The summed E-state index contributed by atoms with van der Waals surface area (Å²) in [5, 5.41) is 2.01. The Morgan fingerprint density at radius 3 is 1.90 bits per heavy atom. The first-order valence-corrected chi connectivity index (χ1v) is 9.03. The van der Waals surface area contributed by atoms with Gasteiger partial charge in [-0.25, -0.2) is 9.59 Å². The van der Waals surface area contributed by atoms with Crippen molar-refractivity contribution < 1.29 is 33.3 Å². The van der Waals surface area contributed by atoms with Crippen molar-refractivity contribution in [1.82, 2.24) is 0 Å². The van der Waals surface area contributed by atoms with Crippen molar-refractivity contribution in [3.63, 3.8) is 0 Å². The van der Waals surface area contributed by atoms with Gasteiger partial charge in [0.2, 0.25) is 0 Å².